The lowest BCUT2D eigenvalue weighted by atomic mass is 9.95. The summed E-state index contributed by atoms with van der Waals surface area (Å²) in [5.74, 6) is 1.84. The van der Waals surface area contributed by atoms with E-state index in [0.29, 0.717) is 12.0 Å². The van der Waals surface area contributed by atoms with Gasteiger partial charge >= 0.3 is 0 Å². The lowest BCUT2D eigenvalue weighted by Crippen LogP contribution is -2.34. The van der Waals surface area contributed by atoms with Crippen molar-refractivity contribution >= 4 is 0 Å². The van der Waals surface area contributed by atoms with Crippen LogP contribution in [0.25, 0.3) is 0 Å². The second-order valence-corrected chi connectivity index (χ2v) is 5.76. The van der Waals surface area contributed by atoms with Gasteiger partial charge < -0.3 is 15.2 Å². The molecule has 18 heavy (non-hydrogen) atoms. The SMILES string of the molecule is CCN1CCCC(c2cn3c(n2)CC(N)CC3)C1. The average Bonchev–Trinajstić information content (AvgIpc) is 2.81. The normalized spacial score (nSPS) is 29.2. The Morgan fingerprint density at radius 3 is 3.11 bits per heavy atom. The Balaban J connectivity index is 1.76. The quantitative estimate of drug-likeness (QED) is 0.859. The van der Waals surface area contributed by atoms with Crippen molar-refractivity contribution in [3.63, 3.8) is 0 Å². The summed E-state index contributed by atoms with van der Waals surface area (Å²) in [6.07, 6.45) is 6.92. The van der Waals surface area contributed by atoms with E-state index in [1.807, 2.05) is 0 Å². The van der Waals surface area contributed by atoms with Crippen LogP contribution in [0.2, 0.25) is 0 Å². The smallest absolute Gasteiger partial charge is 0.110 e. The van der Waals surface area contributed by atoms with Crippen molar-refractivity contribution in [1.29, 1.82) is 0 Å². The van der Waals surface area contributed by atoms with E-state index in [2.05, 4.69) is 22.6 Å². The van der Waals surface area contributed by atoms with Crippen molar-refractivity contribution in [3.05, 3.63) is 17.7 Å². The number of aryl methyl sites for hydroxylation is 1. The maximum Gasteiger partial charge on any atom is 0.110 e. The van der Waals surface area contributed by atoms with Gasteiger partial charge in [-0.25, -0.2) is 4.98 Å². The zero-order valence-electron chi connectivity index (χ0n) is 11.3. The summed E-state index contributed by atoms with van der Waals surface area (Å²) in [5.41, 5.74) is 7.32. The largest absolute Gasteiger partial charge is 0.335 e. The maximum absolute atomic E-state index is 6.02. The molecule has 0 radical (unpaired) electrons. The second-order valence-electron chi connectivity index (χ2n) is 5.76. The summed E-state index contributed by atoms with van der Waals surface area (Å²) in [5, 5.41) is 0. The average molecular weight is 248 g/mol. The molecule has 4 nitrogen and oxygen atoms in total. The molecule has 2 aliphatic heterocycles. The first-order valence-corrected chi connectivity index (χ1v) is 7.30. The van der Waals surface area contributed by atoms with Crippen LogP contribution in [0.15, 0.2) is 6.20 Å². The Morgan fingerprint density at radius 1 is 1.39 bits per heavy atom. The molecule has 0 spiro atoms. The number of likely N-dealkylation sites (tertiary alicyclic amines) is 1. The van der Waals surface area contributed by atoms with E-state index in [4.69, 9.17) is 10.7 Å². The third-order valence-electron chi connectivity index (χ3n) is 4.43. The van der Waals surface area contributed by atoms with Gasteiger partial charge in [0.05, 0.1) is 5.69 Å². The van der Waals surface area contributed by atoms with Crippen molar-refractivity contribution in [3.8, 4) is 0 Å². The summed E-state index contributed by atoms with van der Waals surface area (Å²) in [6.45, 7) is 6.90. The number of nitrogens with zero attached hydrogens (tertiary/aromatic N) is 3. The standard InChI is InChI=1S/C14H24N4/c1-2-17-6-3-4-11(9-17)13-10-18-7-5-12(15)8-14(18)16-13/h10-12H,2-9,15H2,1H3. The Hall–Kier alpha value is -0.870. The molecule has 1 aromatic rings. The summed E-state index contributed by atoms with van der Waals surface area (Å²) < 4.78 is 2.32. The van der Waals surface area contributed by atoms with Gasteiger partial charge in [0.15, 0.2) is 0 Å². The molecule has 0 aromatic carbocycles. The van der Waals surface area contributed by atoms with E-state index in [-0.39, 0.29) is 0 Å². The van der Waals surface area contributed by atoms with E-state index >= 15 is 0 Å². The third kappa shape index (κ3) is 2.31. The number of rotatable bonds is 2. The molecule has 1 saturated heterocycles. The fourth-order valence-corrected chi connectivity index (χ4v) is 3.26. The molecule has 2 N–H and O–H groups in total. The number of piperidine rings is 1. The van der Waals surface area contributed by atoms with Crippen LogP contribution in [-0.4, -0.2) is 40.1 Å². The molecule has 0 saturated carbocycles. The zero-order chi connectivity index (χ0) is 12.5. The predicted octanol–water partition coefficient (Wildman–Crippen LogP) is 1.36. The van der Waals surface area contributed by atoms with E-state index in [1.165, 1.54) is 37.4 Å². The van der Waals surface area contributed by atoms with Crippen LogP contribution in [0.5, 0.6) is 0 Å². The minimum Gasteiger partial charge on any atom is -0.335 e. The van der Waals surface area contributed by atoms with Gasteiger partial charge in [-0.15, -0.1) is 0 Å². The van der Waals surface area contributed by atoms with Gasteiger partial charge in [-0.2, -0.15) is 0 Å². The van der Waals surface area contributed by atoms with Gasteiger partial charge in [0, 0.05) is 37.7 Å². The van der Waals surface area contributed by atoms with Crippen LogP contribution in [0.3, 0.4) is 0 Å². The van der Waals surface area contributed by atoms with Crippen molar-refractivity contribution in [2.75, 3.05) is 19.6 Å². The van der Waals surface area contributed by atoms with Gasteiger partial charge in [-0.3, -0.25) is 0 Å². The molecule has 3 heterocycles. The Morgan fingerprint density at radius 2 is 2.28 bits per heavy atom. The summed E-state index contributed by atoms with van der Waals surface area (Å²) in [6, 6.07) is 0.311. The van der Waals surface area contributed by atoms with E-state index in [9.17, 15) is 0 Å². The molecule has 100 valence electrons. The fourth-order valence-electron chi connectivity index (χ4n) is 3.26. The van der Waals surface area contributed by atoms with Gasteiger partial charge in [-0.05, 0) is 32.4 Å². The topological polar surface area (TPSA) is 47.1 Å². The number of likely N-dealkylation sites (N-methyl/N-ethyl adjacent to an activating group) is 1. The number of fused-ring (bicyclic) bond motifs is 1. The molecule has 0 bridgehead atoms. The number of hydrogen-bond donors (Lipinski definition) is 1. The summed E-state index contributed by atoms with van der Waals surface area (Å²) >= 11 is 0. The first kappa shape index (κ1) is 12.2. The Bertz CT molecular complexity index is 412. The molecule has 0 aliphatic carbocycles. The lowest BCUT2D eigenvalue weighted by molar-refractivity contribution is 0.216. The minimum atomic E-state index is 0.311. The second kappa shape index (κ2) is 5.02. The van der Waals surface area contributed by atoms with Crippen molar-refractivity contribution in [1.82, 2.24) is 14.5 Å². The molecule has 4 heteroatoms. The molecular weight excluding hydrogens is 224 g/mol. The maximum atomic E-state index is 6.02. The van der Waals surface area contributed by atoms with Crippen molar-refractivity contribution < 1.29 is 0 Å². The van der Waals surface area contributed by atoms with Crippen LogP contribution >= 0.6 is 0 Å². The molecule has 2 unspecified atom stereocenters. The van der Waals surface area contributed by atoms with Gasteiger partial charge in [0.2, 0.25) is 0 Å². The Kier molecular flexibility index (Phi) is 3.39. The van der Waals surface area contributed by atoms with E-state index < -0.39 is 0 Å². The third-order valence-corrected chi connectivity index (χ3v) is 4.43. The first-order chi connectivity index (χ1) is 8.76. The summed E-state index contributed by atoms with van der Waals surface area (Å²) in [7, 11) is 0. The number of aromatic nitrogens is 2. The van der Waals surface area contributed by atoms with Crippen LogP contribution in [0.4, 0.5) is 0 Å². The highest BCUT2D eigenvalue weighted by atomic mass is 15.1. The fraction of sp³-hybridized carbons (Fsp3) is 0.786. The van der Waals surface area contributed by atoms with E-state index in [1.54, 1.807) is 0 Å². The molecule has 1 fully saturated rings. The van der Waals surface area contributed by atoms with Crippen molar-refractivity contribution in [2.24, 2.45) is 5.73 Å². The van der Waals surface area contributed by atoms with Gasteiger partial charge in [-0.1, -0.05) is 6.92 Å². The minimum absolute atomic E-state index is 0.311. The van der Waals surface area contributed by atoms with Crippen LogP contribution in [-0.2, 0) is 13.0 Å². The van der Waals surface area contributed by atoms with Crippen LogP contribution < -0.4 is 5.73 Å². The van der Waals surface area contributed by atoms with Crippen LogP contribution in [0.1, 0.15) is 43.6 Å². The highest BCUT2D eigenvalue weighted by Crippen LogP contribution is 2.27. The zero-order valence-corrected chi connectivity index (χ0v) is 11.3. The predicted molar refractivity (Wildman–Crippen MR) is 72.6 cm³/mol. The van der Waals surface area contributed by atoms with Gasteiger partial charge in [0.25, 0.3) is 0 Å². The first-order valence-electron chi connectivity index (χ1n) is 7.30. The number of nitrogens with two attached hydrogens (primary N) is 1. The monoisotopic (exact) mass is 248 g/mol. The molecule has 0 amide bonds. The lowest BCUT2D eigenvalue weighted by Gasteiger charge is -2.30. The van der Waals surface area contributed by atoms with Crippen LogP contribution in [0, 0.1) is 0 Å². The highest BCUT2D eigenvalue weighted by Gasteiger charge is 2.25. The number of imidazole rings is 1. The molecule has 2 aliphatic rings. The Labute approximate surface area is 109 Å². The van der Waals surface area contributed by atoms with E-state index in [0.717, 1.165) is 25.9 Å². The van der Waals surface area contributed by atoms with Gasteiger partial charge in [0.1, 0.15) is 5.82 Å². The molecule has 1 aromatic heterocycles. The molecule has 3 rings (SSSR count). The molecular formula is C14H24N4. The molecule has 2 atom stereocenters. The summed E-state index contributed by atoms with van der Waals surface area (Å²) in [4.78, 5) is 7.39. The number of hydrogen-bond acceptors (Lipinski definition) is 3. The highest BCUT2D eigenvalue weighted by molar-refractivity contribution is 5.13. The van der Waals surface area contributed by atoms with Crippen molar-refractivity contribution in [2.45, 2.75) is 51.1 Å².